The first-order chi connectivity index (χ1) is 15.6. The molecular formula is C24H26ClN3O4. The van der Waals surface area contributed by atoms with Crippen molar-refractivity contribution < 1.29 is 14.4 Å². The predicted molar refractivity (Wildman–Crippen MR) is 127 cm³/mol. The van der Waals surface area contributed by atoms with Crippen LogP contribution in [0.3, 0.4) is 0 Å². The van der Waals surface area contributed by atoms with Gasteiger partial charge >= 0.3 is 0 Å². The molecule has 0 aromatic heterocycles. The Bertz CT molecular complexity index is 1030. The molecule has 3 aromatic rings. The van der Waals surface area contributed by atoms with Crippen molar-refractivity contribution in [2.75, 3.05) is 32.1 Å². The van der Waals surface area contributed by atoms with E-state index in [0.717, 1.165) is 17.7 Å². The topological polar surface area (TPSA) is 85.7 Å². The third kappa shape index (κ3) is 6.87. The molecule has 7 nitrogen and oxygen atoms in total. The van der Waals surface area contributed by atoms with Gasteiger partial charge in [-0.1, -0.05) is 48.0 Å². The molecule has 0 saturated carbocycles. The fourth-order valence-corrected chi connectivity index (χ4v) is 3.39. The molecule has 8 heteroatoms. The number of anilines is 1. The molecule has 0 bridgehead atoms. The van der Waals surface area contributed by atoms with Gasteiger partial charge in [0.25, 0.3) is 5.69 Å². The second kappa shape index (κ2) is 11.9. The number of benzene rings is 3. The van der Waals surface area contributed by atoms with Crippen molar-refractivity contribution in [3.63, 3.8) is 0 Å². The monoisotopic (exact) mass is 455 g/mol. The second-order valence-corrected chi connectivity index (χ2v) is 7.50. The SMILES string of the molecule is COc1cc(CNCCNc2ccc([N+](=O)[O-])cc2Cl)ccc1OCCc1ccccc1. The van der Waals surface area contributed by atoms with Gasteiger partial charge in [-0.2, -0.15) is 0 Å². The molecule has 0 radical (unpaired) electrons. The highest BCUT2D eigenvalue weighted by Gasteiger charge is 2.09. The van der Waals surface area contributed by atoms with Gasteiger partial charge in [-0.15, -0.1) is 0 Å². The molecule has 3 rings (SSSR count). The average molecular weight is 456 g/mol. The van der Waals surface area contributed by atoms with Crippen LogP contribution >= 0.6 is 11.6 Å². The van der Waals surface area contributed by atoms with Crippen molar-refractivity contribution in [1.29, 1.82) is 0 Å². The highest BCUT2D eigenvalue weighted by Crippen LogP contribution is 2.28. The molecule has 0 aliphatic carbocycles. The van der Waals surface area contributed by atoms with Crippen LogP contribution in [0.4, 0.5) is 11.4 Å². The van der Waals surface area contributed by atoms with E-state index >= 15 is 0 Å². The summed E-state index contributed by atoms with van der Waals surface area (Å²) in [5.74, 6) is 1.43. The lowest BCUT2D eigenvalue weighted by Gasteiger charge is -2.13. The minimum atomic E-state index is -0.467. The van der Waals surface area contributed by atoms with E-state index in [2.05, 4.69) is 22.8 Å². The van der Waals surface area contributed by atoms with E-state index in [1.54, 1.807) is 13.2 Å². The summed E-state index contributed by atoms with van der Waals surface area (Å²) in [4.78, 5) is 10.3. The van der Waals surface area contributed by atoms with Crippen LogP contribution in [-0.4, -0.2) is 31.7 Å². The van der Waals surface area contributed by atoms with Crippen LogP contribution in [0.15, 0.2) is 66.7 Å². The summed E-state index contributed by atoms with van der Waals surface area (Å²) in [5.41, 5.74) is 2.94. The van der Waals surface area contributed by atoms with Gasteiger partial charge in [0.1, 0.15) is 0 Å². The highest BCUT2D eigenvalue weighted by atomic mass is 35.5. The third-order valence-corrected chi connectivity index (χ3v) is 5.14. The Hall–Kier alpha value is -3.29. The van der Waals surface area contributed by atoms with E-state index in [-0.39, 0.29) is 5.69 Å². The van der Waals surface area contributed by atoms with Crippen LogP contribution in [0, 0.1) is 10.1 Å². The van der Waals surface area contributed by atoms with Gasteiger partial charge in [-0.3, -0.25) is 10.1 Å². The number of methoxy groups -OCH3 is 1. The van der Waals surface area contributed by atoms with Crippen LogP contribution in [-0.2, 0) is 13.0 Å². The van der Waals surface area contributed by atoms with E-state index in [1.807, 2.05) is 36.4 Å². The summed E-state index contributed by atoms with van der Waals surface area (Å²) in [6, 6.07) is 20.5. The summed E-state index contributed by atoms with van der Waals surface area (Å²) < 4.78 is 11.4. The van der Waals surface area contributed by atoms with Gasteiger partial charge in [-0.05, 0) is 29.3 Å². The number of halogens is 1. The molecule has 0 amide bonds. The van der Waals surface area contributed by atoms with E-state index in [9.17, 15) is 10.1 Å². The number of nitro benzene ring substituents is 1. The minimum Gasteiger partial charge on any atom is -0.493 e. The minimum absolute atomic E-state index is 0.0277. The summed E-state index contributed by atoms with van der Waals surface area (Å²) in [6.45, 7) is 2.55. The van der Waals surface area contributed by atoms with Crippen molar-refractivity contribution in [3.8, 4) is 11.5 Å². The summed E-state index contributed by atoms with van der Waals surface area (Å²) >= 11 is 6.09. The first-order valence-corrected chi connectivity index (χ1v) is 10.7. The van der Waals surface area contributed by atoms with Crippen molar-refractivity contribution >= 4 is 23.0 Å². The fraction of sp³-hybridized carbons (Fsp3) is 0.250. The van der Waals surface area contributed by atoms with Crippen molar-refractivity contribution in [2.45, 2.75) is 13.0 Å². The highest BCUT2D eigenvalue weighted by molar-refractivity contribution is 6.33. The summed E-state index contributed by atoms with van der Waals surface area (Å²) in [5, 5.41) is 17.6. The molecule has 32 heavy (non-hydrogen) atoms. The molecule has 2 N–H and O–H groups in total. The zero-order valence-corrected chi connectivity index (χ0v) is 18.6. The predicted octanol–water partition coefficient (Wildman–Crippen LogP) is 5.08. The van der Waals surface area contributed by atoms with E-state index in [0.29, 0.717) is 42.7 Å². The number of non-ortho nitro benzene ring substituents is 1. The number of nitro groups is 1. The molecular weight excluding hydrogens is 430 g/mol. The number of nitrogens with zero attached hydrogens (tertiary/aromatic N) is 1. The molecule has 0 heterocycles. The Morgan fingerprint density at radius 2 is 1.78 bits per heavy atom. The maximum Gasteiger partial charge on any atom is 0.271 e. The molecule has 0 atom stereocenters. The molecule has 0 aliphatic rings. The quantitative estimate of drug-likeness (QED) is 0.225. The number of ether oxygens (including phenoxy) is 2. The van der Waals surface area contributed by atoms with Crippen LogP contribution in [0.25, 0.3) is 0 Å². The third-order valence-electron chi connectivity index (χ3n) is 4.83. The Labute approximate surface area is 192 Å². The van der Waals surface area contributed by atoms with E-state index in [4.69, 9.17) is 21.1 Å². The van der Waals surface area contributed by atoms with Crippen LogP contribution in [0.5, 0.6) is 11.5 Å². The van der Waals surface area contributed by atoms with Gasteiger partial charge in [0.05, 0.1) is 29.4 Å². The average Bonchev–Trinajstić information content (AvgIpc) is 2.81. The second-order valence-electron chi connectivity index (χ2n) is 7.09. The zero-order valence-electron chi connectivity index (χ0n) is 17.8. The molecule has 0 aliphatic heterocycles. The van der Waals surface area contributed by atoms with Crippen molar-refractivity contribution in [1.82, 2.24) is 5.32 Å². The number of rotatable bonds is 12. The van der Waals surface area contributed by atoms with E-state index < -0.39 is 4.92 Å². The molecule has 3 aromatic carbocycles. The van der Waals surface area contributed by atoms with E-state index in [1.165, 1.54) is 17.7 Å². The normalized spacial score (nSPS) is 10.6. The van der Waals surface area contributed by atoms with Crippen LogP contribution in [0.2, 0.25) is 5.02 Å². The smallest absolute Gasteiger partial charge is 0.271 e. The zero-order chi connectivity index (χ0) is 22.8. The Morgan fingerprint density at radius 1 is 0.969 bits per heavy atom. The van der Waals surface area contributed by atoms with Gasteiger partial charge < -0.3 is 20.1 Å². The molecule has 0 saturated heterocycles. The Balaban J connectivity index is 1.42. The van der Waals surface area contributed by atoms with Crippen LogP contribution in [0.1, 0.15) is 11.1 Å². The van der Waals surface area contributed by atoms with Gasteiger partial charge in [0, 0.05) is 38.2 Å². The number of nitrogens with one attached hydrogen (secondary N) is 2. The maximum atomic E-state index is 10.8. The Morgan fingerprint density at radius 3 is 2.50 bits per heavy atom. The largest absolute Gasteiger partial charge is 0.493 e. The first-order valence-electron chi connectivity index (χ1n) is 10.3. The van der Waals surface area contributed by atoms with Crippen molar-refractivity contribution in [2.24, 2.45) is 0 Å². The summed E-state index contributed by atoms with van der Waals surface area (Å²) in [6.07, 6.45) is 0.832. The standard InChI is InChI=1S/C24H26ClN3O4/c1-31-24-15-19(7-10-23(24)32-14-11-18-5-3-2-4-6-18)17-26-12-13-27-22-9-8-20(28(29)30)16-21(22)25/h2-10,15-16,26-27H,11-14,17H2,1H3. The number of hydrogen-bond acceptors (Lipinski definition) is 6. The van der Waals surface area contributed by atoms with Crippen molar-refractivity contribution in [3.05, 3.63) is 93.0 Å². The molecule has 168 valence electrons. The lowest BCUT2D eigenvalue weighted by Crippen LogP contribution is -2.21. The summed E-state index contributed by atoms with van der Waals surface area (Å²) in [7, 11) is 1.63. The Kier molecular flexibility index (Phi) is 8.71. The van der Waals surface area contributed by atoms with Crippen LogP contribution < -0.4 is 20.1 Å². The fourth-order valence-electron chi connectivity index (χ4n) is 3.14. The lowest BCUT2D eigenvalue weighted by atomic mass is 10.1. The maximum absolute atomic E-state index is 10.8. The van der Waals surface area contributed by atoms with Gasteiger partial charge in [-0.25, -0.2) is 0 Å². The first kappa shape index (κ1) is 23.4. The van der Waals surface area contributed by atoms with Gasteiger partial charge in [0.15, 0.2) is 11.5 Å². The van der Waals surface area contributed by atoms with Gasteiger partial charge in [0.2, 0.25) is 0 Å². The molecule has 0 unspecified atom stereocenters. The molecule has 0 fully saturated rings. The lowest BCUT2D eigenvalue weighted by molar-refractivity contribution is -0.384. The number of hydrogen-bond donors (Lipinski definition) is 2. The molecule has 0 spiro atoms.